The molecule has 4 atom stereocenters. The second-order valence-corrected chi connectivity index (χ2v) is 5.69. The molecule has 6 heteroatoms. The van der Waals surface area contributed by atoms with Gasteiger partial charge in [-0.25, -0.2) is 0 Å². The van der Waals surface area contributed by atoms with E-state index in [-0.39, 0.29) is 42.0 Å². The average molecular weight is 278 g/mol. The van der Waals surface area contributed by atoms with Crippen LogP contribution in [0.3, 0.4) is 0 Å². The standard InChI is InChI=1S/C14H14O6/c1-14-8(5-12(17)20-14)13-11(19-14)4-7-9(16)2-6(15)3-10(7)18-13/h2-3,8,11,13,15-16H,4-5H2,1H3/t8-,11-,13-,14-/m1/s1. The zero-order chi connectivity index (χ0) is 14.1. The predicted octanol–water partition coefficient (Wildman–Crippen LogP) is 1.08. The molecule has 0 amide bonds. The quantitative estimate of drug-likeness (QED) is 0.691. The molecule has 0 spiro atoms. The summed E-state index contributed by atoms with van der Waals surface area (Å²) in [5.41, 5.74) is 0.610. The topological polar surface area (TPSA) is 85.2 Å². The molecule has 20 heavy (non-hydrogen) atoms. The van der Waals surface area contributed by atoms with Crippen LogP contribution in [0.15, 0.2) is 12.1 Å². The van der Waals surface area contributed by atoms with Crippen molar-refractivity contribution in [3.8, 4) is 17.2 Å². The molecule has 0 unspecified atom stereocenters. The van der Waals surface area contributed by atoms with Crippen molar-refractivity contribution in [1.29, 1.82) is 0 Å². The molecule has 2 N–H and O–H groups in total. The first-order valence-electron chi connectivity index (χ1n) is 6.57. The van der Waals surface area contributed by atoms with Crippen LogP contribution >= 0.6 is 0 Å². The Labute approximate surface area is 114 Å². The minimum Gasteiger partial charge on any atom is -0.508 e. The molecule has 2 saturated heterocycles. The second kappa shape index (κ2) is 3.58. The number of benzene rings is 1. The van der Waals surface area contributed by atoms with Gasteiger partial charge < -0.3 is 24.4 Å². The lowest BCUT2D eigenvalue weighted by Gasteiger charge is -2.29. The number of hydrogen-bond acceptors (Lipinski definition) is 6. The van der Waals surface area contributed by atoms with Gasteiger partial charge in [0.15, 0.2) is 0 Å². The molecular weight excluding hydrogens is 264 g/mol. The van der Waals surface area contributed by atoms with Crippen molar-refractivity contribution < 1.29 is 29.2 Å². The van der Waals surface area contributed by atoms with E-state index in [1.165, 1.54) is 12.1 Å². The number of ether oxygens (including phenoxy) is 3. The van der Waals surface area contributed by atoms with Crippen LogP contribution in [-0.4, -0.2) is 34.2 Å². The van der Waals surface area contributed by atoms with Crippen molar-refractivity contribution in [2.75, 3.05) is 0 Å². The van der Waals surface area contributed by atoms with Crippen LogP contribution in [0.1, 0.15) is 18.9 Å². The third kappa shape index (κ3) is 1.45. The number of hydrogen-bond donors (Lipinski definition) is 2. The lowest BCUT2D eigenvalue weighted by atomic mass is 9.89. The minimum absolute atomic E-state index is 0.0127. The fourth-order valence-electron chi connectivity index (χ4n) is 3.45. The van der Waals surface area contributed by atoms with Crippen molar-refractivity contribution >= 4 is 5.97 Å². The molecule has 0 radical (unpaired) electrons. The van der Waals surface area contributed by atoms with Crippen molar-refractivity contribution in [3.05, 3.63) is 17.7 Å². The van der Waals surface area contributed by atoms with E-state index >= 15 is 0 Å². The Morgan fingerprint density at radius 1 is 1.30 bits per heavy atom. The molecule has 3 heterocycles. The first-order chi connectivity index (χ1) is 9.46. The fourth-order valence-corrected chi connectivity index (χ4v) is 3.45. The number of carbonyl (C=O) groups is 1. The number of esters is 1. The number of fused-ring (bicyclic) bond motifs is 4. The summed E-state index contributed by atoms with van der Waals surface area (Å²) in [5.74, 6) is -1.04. The van der Waals surface area contributed by atoms with Crippen LogP contribution in [0.2, 0.25) is 0 Å². The van der Waals surface area contributed by atoms with Gasteiger partial charge >= 0.3 is 5.97 Å². The van der Waals surface area contributed by atoms with Gasteiger partial charge in [0.05, 0.1) is 12.3 Å². The molecular formula is C14H14O6. The zero-order valence-corrected chi connectivity index (χ0v) is 10.8. The minimum atomic E-state index is -0.952. The highest BCUT2D eigenvalue weighted by atomic mass is 16.7. The first-order valence-corrected chi connectivity index (χ1v) is 6.57. The van der Waals surface area contributed by atoms with Gasteiger partial charge in [-0.15, -0.1) is 0 Å². The summed E-state index contributed by atoms with van der Waals surface area (Å²) in [6, 6.07) is 2.75. The van der Waals surface area contributed by atoms with Crippen molar-refractivity contribution in [3.63, 3.8) is 0 Å². The first kappa shape index (κ1) is 11.8. The van der Waals surface area contributed by atoms with Crippen LogP contribution in [0.25, 0.3) is 0 Å². The van der Waals surface area contributed by atoms with Crippen LogP contribution in [0.5, 0.6) is 17.2 Å². The summed E-state index contributed by atoms with van der Waals surface area (Å²) >= 11 is 0. The van der Waals surface area contributed by atoms with E-state index in [2.05, 4.69) is 0 Å². The predicted molar refractivity (Wildman–Crippen MR) is 65.4 cm³/mol. The van der Waals surface area contributed by atoms with Gasteiger partial charge in [0.25, 0.3) is 0 Å². The number of rotatable bonds is 0. The summed E-state index contributed by atoms with van der Waals surface area (Å²) < 4.78 is 17.0. The summed E-state index contributed by atoms with van der Waals surface area (Å²) in [6.45, 7) is 1.74. The van der Waals surface area contributed by atoms with Crippen LogP contribution in [0.4, 0.5) is 0 Å². The monoisotopic (exact) mass is 278 g/mol. The summed E-state index contributed by atoms with van der Waals surface area (Å²) in [5, 5.41) is 19.4. The van der Waals surface area contributed by atoms with E-state index < -0.39 is 5.79 Å². The van der Waals surface area contributed by atoms with E-state index in [4.69, 9.17) is 14.2 Å². The lowest BCUT2D eigenvalue weighted by molar-refractivity contribution is -0.206. The molecule has 0 aliphatic carbocycles. The lowest BCUT2D eigenvalue weighted by Crippen LogP contribution is -2.38. The Kier molecular flexibility index (Phi) is 2.12. The van der Waals surface area contributed by atoms with Gasteiger partial charge in [-0.05, 0) is 0 Å². The molecule has 106 valence electrons. The van der Waals surface area contributed by atoms with Gasteiger partial charge in [0.1, 0.15) is 29.5 Å². The second-order valence-electron chi connectivity index (χ2n) is 5.69. The van der Waals surface area contributed by atoms with Gasteiger partial charge in [-0.2, -0.15) is 0 Å². The Hall–Kier alpha value is -1.95. The molecule has 2 fully saturated rings. The van der Waals surface area contributed by atoms with Gasteiger partial charge in [0, 0.05) is 31.0 Å². The normalized spacial score (nSPS) is 37.6. The molecule has 4 rings (SSSR count). The van der Waals surface area contributed by atoms with Crippen LogP contribution in [-0.2, 0) is 20.7 Å². The summed E-state index contributed by atoms with van der Waals surface area (Å²) in [7, 11) is 0. The molecule has 0 bridgehead atoms. The fraction of sp³-hybridized carbons (Fsp3) is 0.500. The Morgan fingerprint density at radius 2 is 2.10 bits per heavy atom. The molecule has 6 nitrogen and oxygen atoms in total. The van der Waals surface area contributed by atoms with E-state index in [0.29, 0.717) is 17.7 Å². The molecule has 0 aromatic heterocycles. The Morgan fingerprint density at radius 3 is 2.90 bits per heavy atom. The molecule has 1 aromatic carbocycles. The third-order valence-corrected chi connectivity index (χ3v) is 4.36. The Balaban J connectivity index is 1.73. The molecule has 0 saturated carbocycles. The van der Waals surface area contributed by atoms with E-state index in [9.17, 15) is 15.0 Å². The van der Waals surface area contributed by atoms with Crippen molar-refractivity contribution in [2.24, 2.45) is 5.92 Å². The average Bonchev–Trinajstić information content (AvgIpc) is 2.76. The highest BCUT2D eigenvalue weighted by Crippen LogP contribution is 2.50. The number of phenolic OH excluding ortho intramolecular Hbond substituents is 2. The zero-order valence-electron chi connectivity index (χ0n) is 10.8. The van der Waals surface area contributed by atoms with Crippen molar-refractivity contribution in [2.45, 2.75) is 37.8 Å². The smallest absolute Gasteiger partial charge is 0.308 e. The highest BCUT2D eigenvalue weighted by Gasteiger charge is 2.61. The third-order valence-electron chi connectivity index (χ3n) is 4.36. The highest BCUT2D eigenvalue weighted by molar-refractivity contribution is 5.73. The van der Waals surface area contributed by atoms with E-state index in [1.54, 1.807) is 6.92 Å². The number of phenols is 2. The maximum Gasteiger partial charge on any atom is 0.308 e. The van der Waals surface area contributed by atoms with Gasteiger partial charge in [-0.3, -0.25) is 4.79 Å². The summed E-state index contributed by atoms with van der Waals surface area (Å²) in [4.78, 5) is 11.5. The van der Waals surface area contributed by atoms with Gasteiger partial charge in [-0.1, -0.05) is 0 Å². The van der Waals surface area contributed by atoms with Gasteiger partial charge in [0.2, 0.25) is 5.79 Å². The number of carbonyl (C=O) groups excluding carboxylic acids is 1. The van der Waals surface area contributed by atoms with E-state index in [1.807, 2.05) is 0 Å². The Bertz CT molecular complexity index is 612. The van der Waals surface area contributed by atoms with Crippen LogP contribution in [0, 0.1) is 5.92 Å². The maximum atomic E-state index is 11.5. The maximum absolute atomic E-state index is 11.5. The number of aromatic hydroxyl groups is 2. The van der Waals surface area contributed by atoms with E-state index in [0.717, 1.165) is 0 Å². The van der Waals surface area contributed by atoms with Crippen molar-refractivity contribution in [1.82, 2.24) is 0 Å². The molecule has 3 aliphatic heterocycles. The van der Waals surface area contributed by atoms with Crippen LogP contribution < -0.4 is 4.74 Å². The molecule has 3 aliphatic rings. The summed E-state index contributed by atoms with van der Waals surface area (Å²) in [6.07, 6.45) is 0.161. The largest absolute Gasteiger partial charge is 0.508 e. The molecule has 1 aromatic rings. The SMILES string of the molecule is C[C@@]12OC(=O)C[C@@H]1[C@H]1Oc3cc(O)cc(O)c3C[C@H]1O2.